The first-order valence-electron chi connectivity index (χ1n) is 5.45. The largest absolute Gasteiger partial charge is 0.328 e. The normalized spacial score (nSPS) is 12.9. The minimum Gasteiger partial charge on any atom is -0.328 e. The summed E-state index contributed by atoms with van der Waals surface area (Å²) >= 11 is 0. The maximum absolute atomic E-state index is 11.8. The van der Waals surface area contributed by atoms with Gasteiger partial charge in [-0.15, -0.1) is 0 Å². The van der Waals surface area contributed by atoms with Gasteiger partial charge in [0.15, 0.2) is 0 Å². The summed E-state index contributed by atoms with van der Waals surface area (Å²) in [5.41, 5.74) is 8.45. The van der Waals surface area contributed by atoms with Crippen LogP contribution in [0.4, 0.5) is 0 Å². The number of aromatic nitrogens is 1. The van der Waals surface area contributed by atoms with Crippen LogP contribution in [0, 0.1) is 6.92 Å². The second-order valence-electron chi connectivity index (χ2n) is 4.34. The molecule has 0 spiro atoms. The summed E-state index contributed by atoms with van der Waals surface area (Å²) in [6.45, 7) is 3.89. The second kappa shape index (κ2) is 4.10. The van der Waals surface area contributed by atoms with E-state index in [1.807, 2.05) is 38.1 Å². The molecule has 0 aliphatic heterocycles. The van der Waals surface area contributed by atoms with E-state index in [0.29, 0.717) is 6.42 Å². The van der Waals surface area contributed by atoms with Crippen molar-refractivity contribution in [3.8, 4) is 0 Å². The molecular weight excluding hydrogens is 200 g/mol. The Kier molecular flexibility index (Phi) is 2.79. The van der Waals surface area contributed by atoms with Crippen molar-refractivity contribution in [2.75, 3.05) is 0 Å². The van der Waals surface area contributed by atoms with Crippen LogP contribution in [-0.4, -0.2) is 11.0 Å². The number of aryl methyl sites for hydroxylation is 1. The molecule has 3 N–H and O–H groups in total. The summed E-state index contributed by atoms with van der Waals surface area (Å²) in [4.78, 5) is 14.7. The lowest BCUT2D eigenvalue weighted by Crippen LogP contribution is -2.23. The third-order valence-corrected chi connectivity index (χ3v) is 2.71. The van der Waals surface area contributed by atoms with Crippen LogP contribution in [0.5, 0.6) is 0 Å². The number of nitrogens with two attached hydrogens (primary N) is 1. The van der Waals surface area contributed by atoms with E-state index in [-0.39, 0.29) is 11.6 Å². The van der Waals surface area contributed by atoms with Crippen molar-refractivity contribution in [1.82, 2.24) is 4.98 Å². The first kappa shape index (κ1) is 10.9. The van der Waals surface area contributed by atoms with E-state index in [0.717, 1.165) is 22.0 Å². The average molecular weight is 216 g/mol. The zero-order chi connectivity index (χ0) is 11.7. The Labute approximate surface area is 94.3 Å². The van der Waals surface area contributed by atoms with Gasteiger partial charge in [0.25, 0.3) is 5.56 Å². The van der Waals surface area contributed by atoms with E-state index in [4.69, 9.17) is 5.73 Å². The van der Waals surface area contributed by atoms with Crippen molar-refractivity contribution in [3.05, 3.63) is 45.7 Å². The molecule has 0 fully saturated rings. The van der Waals surface area contributed by atoms with Gasteiger partial charge >= 0.3 is 0 Å². The van der Waals surface area contributed by atoms with E-state index in [9.17, 15) is 4.79 Å². The van der Waals surface area contributed by atoms with Gasteiger partial charge in [-0.05, 0) is 37.3 Å². The number of fused-ring (bicyclic) bond motifs is 1. The molecule has 2 aromatic rings. The predicted octanol–water partition coefficient (Wildman–Crippen LogP) is 1.73. The molecule has 2 rings (SSSR count). The molecule has 0 bridgehead atoms. The summed E-state index contributed by atoms with van der Waals surface area (Å²) in [5.74, 6) is 0. The van der Waals surface area contributed by atoms with Gasteiger partial charge in [0.05, 0.1) is 5.52 Å². The SMILES string of the molecule is Cc1cccc2cc(CC(C)N)c(=O)[nH]c12. The molecule has 1 atom stereocenters. The van der Waals surface area contributed by atoms with Crippen molar-refractivity contribution in [2.45, 2.75) is 26.3 Å². The topological polar surface area (TPSA) is 58.9 Å². The lowest BCUT2D eigenvalue weighted by Gasteiger charge is -2.07. The van der Waals surface area contributed by atoms with Crippen molar-refractivity contribution >= 4 is 10.9 Å². The number of hydrogen-bond acceptors (Lipinski definition) is 2. The van der Waals surface area contributed by atoms with Gasteiger partial charge in [-0.3, -0.25) is 4.79 Å². The number of aromatic amines is 1. The second-order valence-corrected chi connectivity index (χ2v) is 4.34. The maximum Gasteiger partial charge on any atom is 0.251 e. The molecule has 0 radical (unpaired) electrons. The fourth-order valence-corrected chi connectivity index (χ4v) is 1.93. The highest BCUT2D eigenvalue weighted by Crippen LogP contribution is 2.15. The third-order valence-electron chi connectivity index (χ3n) is 2.71. The molecule has 0 aliphatic rings. The van der Waals surface area contributed by atoms with E-state index < -0.39 is 0 Å². The van der Waals surface area contributed by atoms with Crippen molar-refractivity contribution in [3.63, 3.8) is 0 Å². The maximum atomic E-state index is 11.8. The fraction of sp³-hybridized carbons (Fsp3) is 0.308. The number of H-pyrrole nitrogens is 1. The number of benzene rings is 1. The van der Waals surface area contributed by atoms with E-state index in [1.165, 1.54) is 0 Å². The molecule has 0 aliphatic carbocycles. The van der Waals surface area contributed by atoms with Crippen LogP contribution in [0.3, 0.4) is 0 Å². The Hall–Kier alpha value is -1.61. The number of hydrogen-bond donors (Lipinski definition) is 2. The molecule has 16 heavy (non-hydrogen) atoms. The average Bonchev–Trinajstić information content (AvgIpc) is 2.20. The number of rotatable bonds is 2. The third kappa shape index (κ3) is 1.99. The van der Waals surface area contributed by atoms with Gasteiger partial charge in [0, 0.05) is 11.6 Å². The van der Waals surface area contributed by atoms with E-state index in [1.54, 1.807) is 0 Å². The summed E-state index contributed by atoms with van der Waals surface area (Å²) in [5, 5.41) is 1.07. The van der Waals surface area contributed by atoms with Gasteiger partial charge in [-0.1, -0.05) is 18.2 Å². The van der Waals surface area contributed by atoms with E-state index in [2.05, 4.69) is 4.98 Å². The lowest BCUT2D eigenvalue weighted by atomic mass is 10.1. The van der Waals surface area contributed by atoms with Crippen LogP contribution >= 0.6 is 0 Å². The fourth-order valence-electron chi connectivity index (χ4n) is 1.93. The van der Waals surface area contributed by atoms with Gasteiger partial charge in [-0.2, -0.15) is 0 Å². The number of para-hydroxylation sites is 1. The van der Waals surface area contributed by atoms with Crippen LogP contribution in [0.15, 0.2) is 29.1 Å². The molecule has 1 aromatic heterocycles. The minimum absolute atomic E-state index is 0.00311. The Balaban J connectivity index is 2.63. The van der Waals surface area contributed by atoms with Gasteiger partial charge in [-0.25, -0.2) is 0 Å². The Bertz CT molecular complexity index is 570. The summed E-state index contributed by atoms with van der Waals surface area (Å²) in [6, 6.07) is 7.92. The molecule has 0 saturated heterocycles. The molecule has 0 saturated carbocycles. The molecule has 3 heteroatoms. The molecule has 1 unspecified atom stereocenters. The zero-order valence-corrected chi connectivity index (χ0v) is 9.58. The van der Waals surface area contributed by atoms with Crippen molar-refractivity contribution in [1.29, 1.82) is 0 Å². The molecule has 0 amide bonds. The summed E-state index contributed by atoms with van der Waals surface area (Å²) < 4.78 is 0. The van der Waals surface area contributed by atoms with Crippen LogP contribution in [0.1, 0.15) is 18.1 Å². The van der Waals surface area contributed by atoms with E-state index >= 15 is 0 Å². The van der Waals surface area contributed by atoms with Crippen LogP contribution in [-0.2, 0) is 6.42 Å². The highest BCUT2D eigenvalue weighted by atomic mass is 16.1. The van der Waals surface area contributed by atoms with Crippen LogP contribution in [0.2, 0.25) is 0 Å². The lowest BCUT2D eigenvalue weighted by molar-refractivity contribution is 0.732. The van der Waals surface area contributed by atoms with Gasteiger partial charge < -0.3 is 10.7 Å². The van der Waals surface area contributed by atoms with Gasteiger partial charge in [0.2, 0.25) is 0 Å². The van der Waals surface area contributed by atoms with Gasteiger partial charge in [0.1, 0.15) is 0 Å². The molecular formula is C13H16N2O. The Morgan fingerprint density at radius 1 is 1.44 bits per heavy atom. The standard InChI is InChI=1S/C13H16N2O/c1-8-4-3-5-10-7-11(6-9(2)14)13(16)15-12(8)10/h3-5,7,9H,6,14H2,1-2H3,(H,15,16). The van der Waals surface area contributed by atoms with Crippen molar-refractivity contribution in [2.24, 2.45) is 5.73 Å². The minimum atomic E-state index is -0.0286. The Morgan fingerprint density at radius 3 is 2.88 bits per heavy atom. The Morgan fingerprint density at radius 2 is 2.19 bits per heavy atom. The molecule has 84 valence electrons. The van der Waals surface area contributed by atoms with Crippen LogP contribution in [0.25, 0.3) is 10.9 Å². The molecule has 1 heterocycles. The first-order valence-corrected chi connectivity index (χ1v) is 5.45. The van der Waals surface area contributed by atoms with Crippen molar-refractivity contribution < 1.29 is 0 Å². The molecule has 3 nitrogen and oxygen atoms in total. The predicted molar refractivity (Wildman–Crippen MR) is 66.7 cm³/mol. The number of nitrogens with one attached hydrogen (secondary N) is 1. The smallest absolute Gasteiger partial charge is 0.251 e. The monoisotopic (exact) mass is 216 g/mol. The first-order chi connectivity index (χ1) is 7.58. The highest BCUT2D eigenvalue weighted by molar-refractivity contribution is 5.81. The number of pyridine rings is 1. The van der Waals surface area contributed by atoms with Crippen LogP contribution < -0.4 is 11.3 Å². The quantitative estimate of drug-likeness (QED) is 0.803. The highest BCUT2D eigenvalue weighted by Gasteiger charge is 2.06. The molecule has 1 aromatic carbocycles. The summed E-state index contributed by atoms with van der Waals surface area (Å²) in [6.07, 6.45) is 0.610. The summed E-state index contributed by atoms with van der Waals surface area (Å²) in [7, 11) is 0. The zero-order valence-electron chi connectivity index (χ0n) is 9.58.